The lowest BCUT2D eigenvalue weighted by atomic mass is 10.1. The van der Waals surface area contributed by atoms with Gasteiger partial charge in [-0.15, -0.1) is 0 Å². The van der Waals surface area contributed by atoms with Crippen LogP contribution in [0.2, 0.25) is 0 Å². The standard InChI is InChI=1S/C20H28N6/c1-2-3-7-19-22-12-16(24-19)14-26-10-8-17-15(13-26)11-23-20(25-17)18-6-4-5-9-21-18/h11-12H,2-10,13-14H2,1H3,(H,22,24). The summed E-state index contributed by atoms with van der Waals surface area (Å²) in [6, 6.07) is 0. The first kappa shape index (κ1) is 17.3. The number of hydrogen-bond acceptors (Lipinski definition) is 5. The van der Waals surface area contributed by atoms with Crippen molar-refractivity contribution in [1.82, 2.24) is 24.8 Å². The summed E-state index contributed by atoms with van der Waals surface area (Å²) < 4.78 is 0. The molecule has 1 N–H and O–H groups in total. The lowest BCUT2D eigenvalue weighted by Gasteiger charge is -2.27. The Morgan fingerprint density at radius 3 is 2.96 bits per heavy atom. The SMILES string of the molecule is CCCCc1ncc(CN2CCc3nc(C4=NCCCC4)ncc3C2)[nH]1. The van der Waals surface area contributed by atoms with Crippen LogP contribution in [0.1, 0.15) is 67.6 Å². The van der Waals surface area contributed by atoms with E-state index in [4.69, 9.17) is 4.98 Å². The summed E-state index contributed by atoms with van der Waals surface area (Å²) in [4.78, 5) is 24.5. The van der Waals surface area contributed by atoms with E-state index < -0.39 is 0 Å². The third kappa shape index (κ3) is 4.01. The zero-order valence-electron chi connectivity index (χ0n) is 15.7. The van der Waals surface area contributed by atoms with Gasteiger partial charge in [-0.05, 0) is 25.7 Å². The van der Waals surface area contributed by atoms with Crippen LogP contribution in [0.25, 0.3) is 0 Å². The van der Waals surface area contributed by atoms with E-state index in [0.29, 0.717) is 0 Å². The fourth-order valence-corrected chi connectivity index (χ4v) is 3.73. The molecule has 2 aromatic heterocycles. The highest BCUT2D eigenvalue weighted by Crippen LogP contribution is 2.20. The maximum absolute atomic E-state index is 4.83. The highest BCUT2D eigenvalue weighted by Gasteiger charge is 2.20. The lowest BCUT2D eigenvalue weighted by Crippen LogP contribution is -2.31. The van der Waals surface area contributed by atoms with Crippen molar-refractivity contribution >= 4 is 5.71 Å². The van der Waals surface area contributed by atoms with Crippen LogP contribution in [-0.4, -0.2) is 43.6 Å². The molecule has 0 fully saturated rings. The monoisotopic (exact) mass is 352 g/mol. The molecule has 0 saturated carbocycles. The van der Waals surface area contributed by atoms with Gasteiger partial charge in [-0.2, -0.15) is 0 Å². The van der Waals surface area contributed by atoms with Crippen molar-refractivity contribution in [3.63, 3.8) is 0 Å². The predicted molar refractivity (Wildman–Crippen MR) is 102 cm³/mol. The molecule has 0 atom stereocenters. The molecule has 6 nitrogen and oxygen atoms in total. The molecule has 0 unspecified atom stereocenters. The van der Waals surface area contributed by atoms with E-state index >= 15 is 0 Å². The molecule has 4 heterocycles. The molecular weight excluding hydrogens is 324 g/mol. The van der Waals surface area contributed by atoms with Crippen LogP contribution in [0.4, 0.5) is 0 Å². The Balaban J connectivity index is 1.40. The quantitative estimate of drug-likeness (QED) is 0.867. The minimum absolute atomic E-state index is 0.853. The highest BCUT2D eigenvalue weighted by atomic mass is 15.1. The predicted octanol–water partition coefficient (Wildman–Crippen LogP) is 3.07. The van der Waals surface area contributed by atoms with E-state index in [-0.39, 0.29) is 0 Å². The number of imidazole rings is 1. The van der Waals surface area contributed by atoms with E-state index in [2.05, 4.69) is 31.8 Å². The Bertz CT molecular complexity index is 778. The van der Waals surface area contributed by atoms with Crippen molar-refractivity contribution < 1.29 is 0 Å². The van der Waals surface area contributed by atoms with Gasteiger partial charge in [-0.1, -0.05) is 13.3 Å². The highest BCUT2D eigenvalue weighted by molar-refractivity contribution is 5.97. The van der Waals surface area contributed by atoms with Crippen molar-refractivity contribution in [2.24, 2.45) is 4.99 Å². The number of aromatic nitrogens is 4. The zero-order valence-corrected chi connectivity index (χ0v) is 15.7. The van der Waals surface area contributed by atoms with Gasteiger partial charge in [-0.25, -0.2) is 15.0 Å². The second kappa shape index (κ2) is 8.08. The van der Waals surface area contributed by atoms with Crippen molar-refractivity contribution in [2.45, 2.75) is 65.0 Å². The van der Waals surface area contributed by atoms with Crippen LogP contribution in [0.3, 0.4) is 0 Å². The molecule has 0 radical (unpaired) electrons. The average molecular weight is 352 g/mol. The number of fused-ring (bicyclic) bond motifs is 1. The molecule has 0 amide bonds. The van der Waals surface area contributed by atoms with Gasteiger partial charge >= 0.3 is 0 Å². The summed E-state index contributed by atoms with van der Waals surface area (Å²) in [5.41, 5.74) is 4.75. The topological polar surface area (TPSA) is 70.1 Å². The Morgan fingerprint density at radius 2 is 2.12 bits per heavy atom. The molecule has 0 aliphatic carbocycles. The average Bonchev–Trinajstić information content (AvgIpc) is 3.14. The van der Waals surface area contributed by atoms with Gasteiger partial charge in [0, 0.05) is 62.7 Å². The normalized spacial score (nSPS) is 17.8. The first-order valence-corrected chi connectivity index (χ1v) is 9.95. The molecular formula is C20H28N6. The van der Waals surface area contributed by atoms with Crippen molar-refractivity contribution in [3.05, 3.63) is 41.0 Å². The summed E-state index contributed by atoms with van der Waals surface area (Å²) in [5.74, 6) is 1.96. The fraction of sp³-hybridized carbons (Fsp3) is 0.600. The Labute approximate surface area is 155 Å². The first-order chi connectivity index (χ1) is 12.8. The second-order valence-corrected chi connectivity index (χ2v) is 7.37. The minimum Gasteiger partial charge on any atom is -0.345 e. The van der Waals surface area contributed by atoms with Gasteiger partial charge in [0.25, 0.3) is 0 Å². The van der Waals surface area contributed by atoms with Gasteiger partial charge in [0.2, 0.25) is 0 Å². The molecule has 6 heteroatoms. The number of nitrogens with one attached hydrogen (secondary N) is 1. The van der Waals surface area contributed by atoms with Crippen LogP contribution < -0.4 is 0 Å². The third-order valence-corrected chi connectivity index (χ3v) is 5.24. The van der Waals surface area contributed by atoms with Gasteiger partial charge < -0.3 is 4.98 Å². The first-order valence-electron chi connectivity index (χ1n) is 9.95. The number of aromatic amines is 1. The summed E-state index contributed by atoms with van der Waals surface area (Å²) in [5, 5.41) is 0. The van der Waals surface area contributed by atoms with E-state index in [1.165, 1.54) is 42.6 Å². The summed E-state index contributed by atoms with van der Waals surface area (Å²) in [6.07, 6.45) is 11.8. The summed E-state index contributed by atoms with van der Waals surface area (Å²) in [6.45, 7) is 5.98. The summed E-state index contributed by atoms with van der Waals surface area (Å²) >= 11 is 0. The molecule has 0 saturated heterocycles. The minimum atomic E-state index is 0.853. The van der Waals surface area contributed by atoms with E-state index in [9.17, 15) is 0 Å². The lowest BCUT2D eigenvalue weighted by molar-refractivity contribution is 0.240. The molecule has 2 aliphatic heterocycles. The Morgan fingerprint density at radius 1 is 1.15 bits per heavy atom. The number of aryl methyl sites for hydroxylation is 1. The summed E-state index contributed by atoms with van der Waals surface area (Å²) in [7, 11) is 0. The van der Waals surface area contributed by atoms with E-state index in [1.807, 2.05) is 12.4 Å². The molecule has 0 aromatic carbocycles. The number of hydrogen-bond donors (Lipinski definition) is 1. The van der Waals surface area contributed by atoms with Gasteiger partial charge in [0.15, 0.2) is 5.82 Å². The number of rotatable bonds is 6. The third-order valence-electron chi connectivity index (χ3n) is 5.24. The van der Waals surface area contributed by atoms with Crippen molar-refractivity contribution in [3.8, 4) is 0 Å². The second-order valence-electron chi connectivity index (χ2n) is 7.37. The van der Waals surface area contributed by atoms with Crippen molar-refractivity contribution in [2.75, 3.05) is 13.1 Å². The number of H-pyrrole nitrogens is 1. The number of aliphatic imine (C=N–C) groups is 1. The molecule has 0 spiro atoms. The van der Waals surface area contributed by atoms with Crippen LogP contribution in [-0.2, 0) is 25.9 Å². The van der Waals surface area contributed by atoms with Crippen LogP contribution in [0, 0.1) is 0 Å². The smallest absolute Gasteiger partial charge is 0.173 e. The molecule has 2 aliphatic rings. The molecule has 26 heavy (non-hydrogen) atoms. The number of nitrogens with zero attached hydrogens (tertiary/aromatic N) is 5. The maximum atomic E-state index is 4.83. The fourth-order valence-electron chi connectivity index (χ4n) is 3.73. The van der Waals surface area contributed by atoms with Crippen LogP contribution in [0.15, 0.2) is 17.4 Å². The van der Waals surface area contributed by atoms with E-state index in [0.717, 1.165) is 62.8 Å². The largest absolute Gasteiger partial charge is 0.345 e. The zero-order chi connectivity index (χ0) is 17.8. The molecule has 2 aromatic rings. The molecule has 4 rings (SSSR count). The molecule has 0 bridgehead atoms. The van der Waals surface area contributed by atoms with Gasteiger partial charge in [0.1, 0.15) is 5.82 Å². The van der Waals surface area contributed by atoms with Gasteiger partial charge in [-0.3, -0.25) is 9.89 Å². The van der Waals surface area contributed by atoms with Crippen molar-refractivity contribution in [1.29, 1.82) is 0 Å². The number of unbranched alkanes of at least 4 members (excludes halogenated alkanes) is 1. The van der Waals surface area contributed by atoms with Crippen LogP contribution >= 0.6 is 0 Å². The maximum Gasteiger partial charge on any atom is 0.173 e. The Kier molecular flexibility index (Phi) is 5.39. The Hall–Kier alpha value is -2.08. The van der Waals surface area contributed by atoms with E-state index in [1.54, 1.807) is 0 Å². The molecule has 138 valence electrons. The van der Waals surface area contributed by atoms with Gasteiger partial charge in [0.05, 0.1) is 11.4 Å². The van der Waals surface area contributed by atoms with Crippen LogP contribution in [0.5, 0.6) is 0 Å².